The number of carbonyl (C=O) groups excluding carboxylic acids is 2. The fourth-order valence-corrected chi connectivity index (χ4v) is 5.31. The Balaban J connectivity index is 1.21. The molecule has 2 unspecified atom stereocenters. The largest absolute Gasteiger partial charge is 0.486 e. The van der Waals surface area contributed by atoms with Crippen LogP contribution in [0.15, 0.2) is 48.8 Å². The van der Waals surface area contributed by atoms with E-state index in [1.807, 2.05) is 77.7 Å². The molecule has 0 bridgehead atoms. The SMILES string of the molecule is Cc1cccn2cc(COc3ccccc3C(=O)N3CCC(C(=O)N4CC(C)OC(C)C4)CC3)nc12. The van der Waals surface area contributed by atoms with Gasteiger partial charge in [0.25, 0.3) is 5.91 Å². The number of aromatic nitrogens is 2. The number of pyridine rings is 1. The van der Waals surface area contributed by atoms with Crippen molar-refractivity contribution in [3.05, 3.63) is 65.6 Å². The highest BCUT2D eigenvalue weighted by Crippen LogP contribution is 2.26. The van der Waals surface area contributed by atoms with Crippen molar-refractivity contribution in [2.75, 3.05) is 26.2 Å². The third kappa shape index (κ3) is 5.09. The predicted octanol–water partition coefficient (Wildman–Crippen LogP) is 3.71. The molecule has 36 heavy (non-hydrogen) atoms. The molecular formula is C28H34N4O4. The first kappa shape index (κ1) is 24.3. The molecule has 0 spiro atoms. The van der Waals surface area contributed by atoms with E-state index < -0.39 is 0 Å². The van der Waals surface area contributed by atoms with Gasteiger partial charge in [0.05, 0.1) is 23.5 Å². The van der Waals surface area contributed by atoms with Crippen molar-refractivity contribution in [3.63, 3.8) is 0 Å². The van der Waals surface area contributed by atoms with E-state index in [9.17, 15) is 9.59 Å². The summed E-state index contributed by atoms with van der Waals surface area (Å²) in [6.45, 7) is 8.71. The van der Waals surface area contributed by atoms with Gasteiger partial charge in [-0.15, -0.1) is 0 Å². The zero-order valence-electron chi connectivity index (χ0n) is 21.2. The zero-order chi connectivity index (χ0) is 25.2. The number of hydrogen-bond donors (Lipinski definition) is 0. The Labute approximate surface area is 211 Å². The molecule has 2 amide bonds. The Morgan fingerprint density at radius 1 is 1.03 bits per heavy atom. The molecule has 8 nitrogen and oxygen atoms in total. The van der Waals surface area contributed by atoms with E-state index in [1.165, 1.54) is 0 Å². The highest BCUT2D eigenvalue weighted by molar-refractivity contribution is 5.97. The van der Waals surface area contributed by atoms with Gasteiger partial charge in [0.1, 0.15) is 18.0 Å². The normalized spacial score (nSPS) is 21.1. The number of carbonyl (C=O) groups is 2. The molecule has 0 radical (unpaired) electrons. The van der Waals surface area contributed by atoms with Crippen molar-refractivity contribution in [3.8, 4) is 5.75 Å². The molecular weight excluding hydrogens is 456 g/mol. The molecule has 2 aromatic heterocycles. The number of fused-ring (bicyclic) bond motifs is 1. The van der Waals surface area contributed by atoms with Gasteiger partial charge in [-0.05, 0) is 57.4 Å². The Kier molecular flexibility index (Phi) is 6.96. The smallest absolute Gasteiger partial charge is 0.257 e. The second-order valence-electron chi connectivity index (χ2n) is 10.0. The molecule has 0 aliphatic carbocycles. The van der Waals surface area contributed by atoms with Crippen LogP contribution in [-0.4, -0.2) is 69.4 Å². The number of benzene rings is 1. The van der Waals surface area contributed by atoms with Crippen LogP contribution >= 0.6 is 0 Å². The summed E-state index contributed by atoms with van der Waals surface area (Å²) in [5.41, 5.74) is 3.34. The van der Waals surface area contributed by atoms with Crippen LogP contribution in [-0.2, 0) is 16.1 Å². The van der Waals surface area contributed by atoms with Crippen LogP contribution < -0.4 is 4.74 Å². The van der Waals surface area contributed by atoms with Crippen LogP contribution in [0.25, 0.3) is 5.65 Å². The summed E-state index contributed by atoms with van der Waals surface area (Å²) in [6, 6.07) is 11.4. The fourth-order valence-electron chi connectivity index (χ4n) is 5.31. The maximum Gasteiger partial charge on any atom is 0.257 e. The first-order chi connectivity index (χ1) is 17.4. The third-order valence-corrected chi connectivity index (χ3v) is 7.08. The minimum Gasteiger partial charge on any atom is -0.486 e. The van der Waals surface area contributed by atoms with Crippen molar-refractivity contribution in [2.24, 2.45) is 5.92 Å². The highest BCUT2D eigenvalue weighted by Gasteiger charge is 2.34. The lowest BCUT2D eigenvalue weighted by molar-refractivity contribution is -0.148. The number of morpholine rings is 1. The van der Waals surface area contributed by atoms with Gasteiger partial charge in [-0.3, -0.25) is 9.59 Å². The summed E-state index contributed by atoms with van der Waals surface area (Å²) in [4.78, 5) is 34.9. The van der Waals surface area contributed by atoms with Crippen LogP contribution in [0.3, 0.4) is 0 Å². The Morgan fingerprint density at radius 2 is 1.75 bits per heavy atom. The number of aryl methyl sites for hydroxylation is 1. The molecule has 0 N–H and O–H groups in total. The highest BCUT2D eigenvalue weighted by atomic mass is 16.5. The first-order valence-corrected chi connectivity index (χ1v) is 12.8. The van der Waals surface area contributed by atoms with Gasteiger partial charge in [-0.2, -0.15) is 0 Å². The maximum absolute atomic E-state index is 13.4. The fraction of sp³-hybridized carbons (Fsp3) is 0.464. The van der Waals surface area contributed by atoms with Crippen molar-refractivity contribution in [2.45, 2.75) is 52.4 Å². The second kappa shape index (κ2) is 10.3. The molecule has 0 saturated carbocycles. The molecule has 2 saturated heterocycles. The lowest BCUT2D eigenvalue weighted by Gasteiger charge is -2.39. The number of amides is 2. The Bertz CT molecular complexity index is 1240. The van der Waals surface area contributed by atoms with E-state index in [2.05, 4.69) is 4.98 Å². The average Bonchev–Trinajstić information content (AvgIpc) is 3.31. The molecule has 2 aliphatic rings. The molecule has 2 aliphatic heterocycles. The van der Waals surface area contributed by atoms with E-state index in [1.54, 1.807) is 6.07 Å². The lowest BCUT2D eigenvalue weighted by atomic mass is 9.94. The number of ether oxygens (including phenoxy) is 2. The quantitative estimate of drug-likeness (QED) is 0.545. The van der Waals surface area contributed by atoms with Crippen LogP contribution in [0.2, 0.25) is 0 Å². The monoisotopic (exact) mass is 490 g/mol. The van der Waals surface area contributed by atoms with Crippen LogP contribution in [0.1, 0.15) is 48.3 Å². The van der Waals surface area contributed by atoms with Gasteiger partial charge in [0.15, 0.2) is 0 Å². The first-order valence-electron chi connectivity index (χ1n) is 12.8. The number of rotatable bonds is 5. The topological polar surface area (TPSA) is 76.4 Å². The molecule has 2 fully saturated rings. The van der Waals surface area contributed by atoms with Crippen molar-refractivity contribution in [1.82, 2.24) is 19.2 Å². The van der Waals surface area contributed by atoms with E-state index in [0.717, 1.165) is 16.9 Å². The minimum absolute atomic E-state index is 0.0449. The van der Waals surface area contributed by atoms with E-state index in [4.69, 9.17) is 9.47 Å². The summed E-state index contributed by atoms with van der Waals surface area (Å²) < 4.78 is 13.8. The number of imidazole rings is 1. The summed E-state index contributed by atoms with van der Waals surface area (Å²) >= 11 is 0. The average molecular weight is 491 g/mol. The summed E-state index contributed by atoms with van der Waals surface area (Å²) in [5.74, 6) is 0.633. The van der Waals surface area contributed by atoms with E-state index >= 15 is 0 Å². The number of hydrogen-bond acceptors (Lipinski definition) is 5. The molecule has 5 rings (SSSR count). The van der Waals surface area contributed by atoms with Gasteiger partial charge in [0, 0.05) is 44.5 Å². The Hall–Kier alpha value is -3.39. The predicted molar refractivity (Wildman–Crippen MR) is 136 cm³/mol. The lowest BCUT2D eigenvalue weighted by Crippen LogP contribution is -2.51. The van der Waals surface area contributed by atoms with Gasteiger partial charge < -0.3 is 23.7 Å². The number of para-hydroxylation sites is 1. The standard InChI is InChI=1S/C28H34N4O4/c1-19-7-6-12-31-17-23(29-26(19)31)18-35-25-9-5-4-8-24(25)28(34)30-13-10-22(11-14-30)27(33)32-15-20(2)36-21(3)16-32/h4-9,12,17,20-22H,10-11,13-16,18H2,1-3H3. The van der Waals surface area contributed by atoms with Crippen molar-refractivity contribution >= 4 is 17.5 Å². The van der Waals surface area contributed by atoms with Crippen molar-refractivity contribution < 1.29 is 19.1 Å². The van der Waals surface area contributed by atoms with Gasteiger partial charge in [-0.25, -0.2) is 4.98 Å². The van der Waals surface area contributed by atoms with E-state index in [0.29, 0.717) is 50.3 Å². The molecule has 4 heterocycles. The number of piperidine rings is 1. The third-order valence-electron chi connectivity index (χ3n) is 7.08. The molecule has 8 heteroatoms. The van der Waals surface area contributed by atoms with Crippen LogP contribution in [0.4, 0.5) is 0 Å². The maximum atomic E-state index is 13.4. The zero-order valence-corrected chi connectivity index (χ0v) is 21.2. The molecule has 190 valence electrons. The van der Waals surface area contributed by atoms with Gasteiger partial charge in [-0.1, -0.05) is 18.2 Å². The summed E-state index contributed by atoms with van der Waals surface area (Å²) in [5, 5.41) is 0. The minimum atomic E-state index is -0.0593. The molecule has 1 aromatic carbocycles. The van der Waals surface area contributed by atoms with Crippen molar-refractivity contribution in [1.29, 1.82) is 0 Å². The Morgan fingerprint density at radius 3 is 2.47 bits per heavy atom. The summed E-state index contributed by atoms with van der Waals surface area (Å²) in [7, 11) is 0. The summed E-state index contributed by atoms with van der Waals surface area (Å²) in [6.07, 6.45) is 5.37. The van der Waals surface area contributed by atoms with Crippen LogP contribution in [0, 0.1) is 12.8 Å². The number of likely N-dealkylation sites (tertiary alicyclic amines) is 1. The van der Waals surface area contributed by atoms with Gasteiger partial charge in [0.2, 0.25) is 5.91 Å². The van der Waals surface area contributed by atoms with Gasteiger partial charge >= 0.3 is 0 Å². The second-order valence-corrected chi connectivity index (χ2v) is 10.0. The van der Waals surface area contributed by atoms with Crippen LogP contribution in [0.5, 0.6) is 5.75 Å². The molecule has 3 aromatic rings. The number of nitrogens with zero attached hydrogens (tertiary/aromatic N) is 4. The molecule has 2 atom stereocenters. The van der Waals surface area contributed by atoms with E-state index in [-0.39, 0.29) is 36.5 Å².